The maximum atomic E-state index is 11.7. The van der Waals surface area contributed by atoms with E-state index in [0.29, 0.717) is 0 Å². The van der Waals surface area contributed by atoms with Crippen LogP contribution in [0.1, 0.15) is 27.7 Å². The van der Waals surface area contributed by atoms with Gasteiger partial charge in [-0.3, -0.25) is 0 Å². The molecule has 0 N–H and O–H groups in total. The van der Waals surface area contributed by atoms with Crippen molar-refractivity contribution in [3.05, 3.63) is 24.3 Å². The summed E-state index contributed by atoms with van der Waals surface area (Å²) in [5.74, 6) is 0.717. The fourth-order valence-electron chi connectivity index (χ4n) is 1.64. The van der Waals surface area contributed by atoms with Crippen molar-refractivity contribution < 1.29 is 8.42 Å². The lowest BCUT2D eigenvalue weighted by Gasteiger charge is -2.10. The number of hydrogen-bond acceptors (Lipinski definition) is 2. The average Bonchev–Trinajstić information content (AvgIpc) is 2.01. The van der Waals surface area contributed by atoms with Gasteiger partial charge in [-0.2, -0.15) is 0 Å². The molecular weight excluding hydrogens is 208 g/mol. The van der Waals surface area contributed by atoms with E-state index in [1.165, 1.54) is 0 Å². The molecule has 0 saturated heterocycles. The standard InChI is InChI=1S/C12H22O2S/c1-5-7-11(3)9-15(13,14)10-12(4)8-6-2/h5-8,11-12H,9-10H2,1-4H3. The Morgan fingerprint density at radius 3 is 1.53 bits per heavy atom. The lowest BCUT2D eigenvalue weighted by atomic mass is 10.2. The molecule has 0 radical (unpaired) electrons. The highest BCUT2D eigenvalue weighted by atomic mass is 32.2. The van der Waals surface area contributed by atoms with Gasteiger partial charge in [-0.15, -0.1) is 0 Å². The van der Waals surface area contributed by atoms with Crippen LogP contribution in [0.2, 0.25) is 0 Å². The minimum atomic E-state index is -2.93. The molecule has 2 atom stereocenters. The van der Waals surface area contributed by atoms with Crippen molar-refractivity contribution in [2.75, 3.05) is 11.5 Å². The Kier molecular flexibility index (Phi) is 6.57. The summed E-state index contributed by atoms with van der Waals surface area (Å²) >= 11 is 0. The average molecular weight is 230 g/mol. The van der Waals surface area contributed by atoms with Gasteiger partial charge in [0.05, 0.1) is 11.5 Å². The van der Waals surface area contributed by atoms with Crippen molar-refractivity contribution in [2.24, 2.45) is 11.8 Å². The van der Waals surface area contributed by atoms with Gasteiger partial charge in [0.2, 0.25) is 0 Å². The first-order valence-corrected chi connectivity index (χ1v) is 7.19. The molecule has 0 aliphatic heterocycles. The van der Waals surface area contributed by atoms with Crippen LogP contribution < -0.4 is 0 Å². The minimum Gasteiger partial charge on any atom is -0.229 e. The van der Waals surface area contributed by atoms with Crippen molar-refractivity contribution in [3.63, 3.8) is 0 Å². The molecule has 0 aromatic carbocycles. The third kappa shape index (κ3) is 7.37. The normalized spacial score (nSPS) is 17.3. The Hall–Kier alpha value is -0.570. The topological polar surface area (TPSA) is 34.1 Å². The smallest absolute Gasteiger partial charge is 0.151 e. The van der Waals surface area contributed by atoms with Crippen LogP contribution in [0, 0.1) is 11.8 Å². The summed E-state index contributed by atoms with van der Waals surface area (Å²) in [6.07, 6.45) is 7.65. The summed E-state index contributed by atoms with van der Waals surface area (Å²) in [6.45, 7) is 7.67. The van der Waals surface area contributed by atoms with E-state index in [2.05, 4.69) is 0 Å². The van der Waals surface area contributed by atoms with Crippen molar-refractivity contribution >= 4 is 9.84 Å². The zero-order valence-electron chi connectivity index (χ0n) is 10.1. The summed E-state index contributed by atoms with van der Waals surface area (Å²) in [4.78, 5) is 0. The number of hydrogen-bond donors (Lipinski definition) is 0. The molecule has 0 rings (SSSR count). The molecule has 3 heteroatoms. The van der Waals surface area contributed by atoms with E-state index in [-0.39, 0.29) is 23.3 Å². The molecule has 88 valence electrons. The third-order valence-corrected chi connectivity index (χ3v) is 4.14. The summed E-state index contributed by atoms with van der Waals surface area (Å²) in [6, 6.07) is 0. The van der Waals surface area contributed by atoms with Crippen LogP contribution in [0.4, 0.5) is 0 Å². The highest BCUT2D eigenvalue weighted by molar-refractivity contribution is 7.91. The van der Waals surface area contributed by atoms with Crippen molar-refractivity contribution in [3.8, 4) is 0 Å². The number of allylic oxidation sites excluding steroid dienone is 4. The molecule has 0 aromatic heterocycles. The molecule has 0 aliphatic carbocycles. The van der Waals surface area contributed by atoms with Crippen molar-refractivity contribution in [1.82, 2.24) is 0 Å². The van der Waals surface area contributed by atoms with Gasteiger partial charge in [0.1, 0.15) is 0 Å². The van der Waals surface area contributed by atoms with E-state index in [1.54, 1.807) is 0 Å². The SMILES string of the molecule is CC=CC(C)CS(=O)(=O)CC(C)C=CC. The van der Waals surface area contributed by atoms with Crippen LogP contribution in [-0.2, 0) is 9.84 Å². The Morgan fingerprint density at radius 1 is 0.933 bits per heavy atom. The second-order valence-corrected chi connectivity index (χ2v) is 6.24. The molecule has 0 spiro atoms. The largest absolute Gasteiger partial charge is 0.229 e. The number of sulfone groups is 1. The highest BCUT2D eigenvalue weighted by Crippen LogP contribution is 2.09. The van der Waals surface area contributed by atoms with E-state index >= 15 is 0 Å². The monoisotopic (exact) mass is 230 g/mol. The zero-order valence-corrected chi connectivity index (χ0v) is 10.9. The molecule has 0 aromatic rings. The fraction of sp³-hybridized carbons (Fsp3) is 0.667. The van der Waals surface area contributed by atoms with Gasteiger partial charge in [0, 0.05) is 0 Å². The van der Waals surface area contributed by atoms with Gasteiger partial charge in [0.15, 0.2) is 9.84 Å². The highest BCUT2D eigenvalue weighted by Gasteiger charge is 2.16. The first-order valence-electron chi connectivity index (χ1n) is 5.37. The van der Waals surface area contributed by atoms with Crippen LogP contribution in [-0.4, -0.2) is 19.9 Å². The quantitative estimate of drug-likeness (QED) is 0.658. The van der Waals surface area contributed by atoms with Gasteiger partial charge in [0.25, 0.3) is 0 Å². The molecule has 2 unspecified atom stereocenters. The lowest BCUT2D eigenvalue weighted by Crippen LogP contribution is -2.19. The molecule has 0 heterocycles. The molecule has 0 saturated carbocycles. The van der Waals surface area contributed by atoms with Crippen LogP contribution in [0.15, 0.2) is 24.3 Å². The Bertz CT molecular complexity index is 287. The van der Waals surface area contributed by atoms with E-state index in [9.17, 15) is 8.42 Å². The Balaban J connectivity index is 4.31. The van der Waals surface area contributed by atoms with E-state index in [1.807, 2.05) is 52.0 Å². The lowest BCUT2D eigenvalue weighted by molar-refractivity contribution is 0.580. The predicted octanol–water partition coefficient (Wildman–Crippen LogP) is 2.83. The summed E-state index contributed by atoms with van der Waals surface area (Å²) in [5.41, 5.74) is 0. The Morgan fingerprint density at radius 2 is 1.27 bits per heavy atom. The second-order valence-electron chi connectivity index (χ2n) is 4.08. The van der Waals surface area contributed by atoms with Crippen molar-refractivity contribution in [1.29, 1.82) is 0 Å². The van der Waals surface area contributed by atoms with Crippen LogP contribution >= 0.6 is 0 Å². The van der Waals surface area contributed by atoms with Crippen LogP contribution in [0.5, 0.6) is 0 Å². The Labute approximate surface area is 94.0 Å². The maximum absolute atomic E-state index is 11.7. The van der Waals surface area contributed by atoms with Crippen molar-refractivity contribution in [2.45, 2.75) is 27.7 Å². The van der Waals surface area contributed by atoms with Gasteiger partial charge in [-0.05, 0) is 25.7 Å². The number of rotatable bonds is 6. The third-order valence-electron chi connectivity index (χ3n) is 2.08. The fourth-order valence-corrected chi connectivity index (χ4v) is 3.60. The molecular formula is C12H22O2S. The van der Waals surface area contributed by atoms with Gasteiger partial charge in [-0.25, -0.2) is 8.42 Å². The zero-order chi connectivity index (χ0) is 11.9. The van der Waals surface area contributed by atoms with E-state index < -0.39 is 9.84 Å². The summed E-state index contributed by atoms with van der Waals surface area (Å²) in [7, 11) is -2.93. The first-order chi connectivity index (χ1) is 6.91. The van der Waals surface area contributed by atoms with Gasteiger partial charge >= 0.3 is 0 Å². The van der Waals surface area contributed by atoms with Crippen LogP contribution in [0.3, 0.4) is 0 Å². The van der Waals surface area contributed by atoms with E-state index in [4.69, 9.17) is 0 Å². The molecule has 0 fully saturated rings. The molecule has 15 heavy (non-hydrogen) atoms. The minimum absolute atomic E-state index is 0.109. The molecule has 0 amide bonds. The predicted molar refractivity (Wildman–Crippen MR) is 66.6 cm³/mol. The van der Waals surface area contributed by atoms with Gasteiger partial charge in [-0.1, -0.05) is 38.2 Å². The van der Waals surface area contributed by atoms with Crippen LogP contribution in [0.25, 0.3) is 0 Å². The summed E-state index contributed by atoms with van der Waals surface area (Å²) in [5, 5.41) is 0. The first kappa shape index (κ1) is 14.4. The molecule has 0 aliphatic rings. The van der Waals surface area contributed by atoms with E-state index in [0.717, 1.165) is 0 Å². The summed E-state index contributed by atoms with van der Waals surface area (Å²) < 4.78 is 23.5. The van der Waals surface area contributed by atoms with Gasteiger partial charge < -0.3 is 0 Å². The maximum Gasteiger partial charge on any atom is 0.151 e. The molecule has 2 nitrogen and oxygen atoms in total. The molecule has 0 bridgehead atoms. The second kappa shape index (κ2) is 6.83.